The van der Waals surface area contributed by atoms with Crippen LogP contribution >= 0.6 is 22.7 Å². The highest BCUT2D eigenvalue weighted by atomic mass is 32.1. The zero-order valence-corrected chi connectivity index (χ0v) is 69.5. The van der Waals surface area contributed by atoms with Gasteiger partial charge in [0.15, 0.2) is 0 Å². The molecule has 0 aliphatic carbocycles. The molecule has 0 fully saturated rings. The van der Waals surface area contributed by atoms with Crippen molar-refractivity contribution in [2.45, 2.75) is 0 Å². The Balaban J connectivity index is 0.000000148. The van der Waals surface area contributed by atoms with Crippen LogP contribution < -0.4 is 9.80 Å². The van der Waals surface area contributed by atoms with Crippen LogP contribution in [0.25, 0.3) is 184 Å². The second-order valence-electron chi connectivity index (χ2n) is 31.8. The van der Waals surface area contributed by atoms with Crippen molar-refractivity contribution < 1.29 is 0 Å². The summed E-state index contributed by atoms with van der Waals surface area (Å²) in [6, 6.07) is 177. The summed E-state index contributed by atoms with van der Waals surface area (Å²) >= 11 is 3.81. The quantitative estimate of drug-likeness (QED) is 0.0951. The van der Waals surface area contributed by atoms with E-state index in [9.17, 15) is 0 Å². The maximum Gasteiger partial charge on any atom is 0.0468 e. The van der Waals surface area contributed by atoms with E-state index in [1.807, 2.05) is 22.7 Å². The summed E-state index contributed by atoms with van der Waals surface area (Å²) in [5.41, 5.74) is 31.2. The molecule has 23 rings (SSSR count). The van der Waals surface area contributed by atoms with E-state index in [1.165, 1.54) is 184 Å². The summed E-state index contributed by atoms with van der Waals surface area (Å²) in [4.78, 5) is 4.70. The Labute approximate surface area is 730 Å². The van der Waals surface area contributed by atoms with E-state index < -0.39 is 0 Å². The van der Waals surface area contributed by atoms with Gasteiger partial charge in [-0.15, -0.1) is 22.7 Å². The van der Waals surface area contributed by atoms with Gasteiger partial charge in [-0.25, -0.2) is 0 Å². The van der Waals surface area contributed by atoms with Gasteiger partial charge in [0.25, 0.3) is 0 Å². The van der Waals surface area contributed by atoms with Gasteiger partial charge in [0, 0.05) is 80.0 Å². The fourth-order valence-corrected chi connectivity index (χ4v) is 20.8. The first-order valence-electron chi connectivity index (χ1n) is 42.4. The van der Waals surface area contributed by atoms with Crippen LogP contribution in [0.5, 0.6) is 0 Å². The van der Waals surface area contributed by atoms with Crippen molar-refractivity contribution in [2.24, 2.45) is 0 Å². The molecule has 0 aliphatic heterocycles. The Morgan fingerprint density at radius 3 is 0.742 bits per heavy atom. The first-order chi connectivity index (χ1) is 61.4. The minimum absolute atomic E-state index is 1.11. The van der Waals surface area contributed by atoms with Crippen molar-refractivity contribution in [1.82, 2.24) is 0 Å². The summed E-state index contributed by atoms with van der Waals surface area (Å²) in [5, 5.41) is 12.7. The molecule has 2 heterocycles. The number of fused-ring (bicyclic) bond motifs is 9. The molecule has 0 saturated carbocycles. The van der Waals surface area contributed by atoms with Gasteiger partial charge >= 0.3 is 0 Å². The van der Waals surface area contributed by atoms with E-state index in [1.54, 1.807) is 0 Å². The predicted octanol–water partition coefficient (Wildman–Crippen LogP) is 35.2. The molecule has 0 aliphatic rings. The van der Waals surface area contributed by atoms with Crippen LogP contribution in [0.3, 0.4) is 0 Å². The molecule has 0 amide bonds. The molecule has 0 spiro atoms. The van der Waals surface area contributed by atoms with Crippen LogP contribution in [0.15, 0.2) is 485 Å². The molecule has 0 atom stereocenters. The third-order valence-electron chi connectivity index (χ3n) is 24.4. The highest BCUT2D eigenvalue weighted by Crippen LogP contribution is 2.49. The number of anilines is 6. The number of benzene rings is 21. The Morgan fingerprint density at radius 1 is 0.121 bits per heavy atom. The van der Waals surface area contributed by atoms with Crippen LogP contribution in [0, 0.1) is 0 Å². The molecule has 4 heteroatoms. The second kappa shape index (κ2) is 32.9. The monoisotopic (exact) mass is 1610 g/mol. The molecule has 0 N–H and O–H groups in total. The molecule has 2 nitrogen and oxygen atoms in total. The van der Waals surface area contributed by atoms with Crippen molar-refractivity contribution >= 4 is 129 Å². The summed E-state index contributed by atoms with van der Waals surface area (Å²) in [6.07, 6.45) is 0. The smallest absolute Gasteiger partial charge is 0.0468 e. The Bertz CT molecular complexity index is 7850. The largest absolute Gasteiger partial charge is 0.310 e. The van der Waals surface area contributed by atoms with E-state index in [4.69, 9.17) is 0 Å². The van der Waals surface area contributed by atoms with E-state index >= 15 is 0 Å². The average Bonchev–Trinajstić information content (AvgIpc) is 1.60. The molecule has 582 valence electrons. The fourth-order valence-electron chi connectivity index (χ4n) is 18.1. The van der Waals surface area contributed by atoms with E-state index in [0.717, 1.165) is 34.1 Å². The Hall–Kier alpha value is -15.6. The molecular formula is C120H80N2S2. The minimum Gasteiger partial charge on any atom is -0.310 e. The van der Waals surface area contributed by atoms with Gasteiger partial charge in [-0.2, -0.15) is 0 Å². The molecule has 124 heavy (non-hydrogen) atoms. The van der Waals surface area contributed by atoms with Crippen molar-refractivity contribution in [1.29, 1.82) is 0 Å². The topological polar surface area (TPSA) is 6.48 Å². The van der Waals surface area contributed by atoms with Crippen molar-refractivity contribution in [3.8, 4) is 111 Å². The van der Waals surface area contributed by atoms with Crippen molar-refractivity contribution in [3.05, 3.63) is 485 Å². The lowest BCUT2D eigenvalue weighted by molar-refractivity contribution is 1.29. The van der Waals surface area contributed by atoms with Crippen LogP contribution in [-0.4, -0.2) is 0 Å². The summed E-state index contributed by atoms with van der Waals surface area (Å²) in [6.45, 7) is 0. The molecule has 0 saturated heterocycles. The predicted molar refractivity (Wildman–Crippen MR) is 535 cm³/mol. The van der Waals surface area contributed by atoms with Gasteiger partial charge < -0.3 is 9.80 Å². The minimum atomic E-state index is 1.11. The Kier molecular flexibility index (Phi) is 19.8. The Morgan fingerprint density at radius 2 is 0.355 bits per heavy atom. The van der Waals surface area contributed by atoms with Gasteiger partial charge in [-0.1, -0.05) is 400 Å². The van der Waals surface area contributed by atoms with E-state index in [-0.39, 0.29) is 0 Å². The number of hydrogen-bond acceptors (Lipinski definition) is 4. The molecule has 23 aromatic rings. The lowest BCUT2D eigenvalue weighted by Crippen LogP contribution is -2.09. The summed E-state index contributed by atoms with van der Waals surface area (Å²) in [5.74, 6) is 0. The number of nitrogens with zero attached hydrogens (tertiary/aromatic N) is 2. The molecular weight excluding hydrogens is 1530 g/mol. The van der Waals surface area contributed by atoms with Gasteiger partial charge in [0.1, 0.15) is 0 Å². The molecule has 21 aromatic carbocycles. The third-order valence-corrected chi connectivity index (χ3v) is 26.9. The maximum absolute atomic E-state index is 2.35. The van der Waals surface area contributed by atoms with Gasteiger partial charge in [-0.3, -0.25) is 0 Å². The number of hydrogen-bond donors (Lipinski definition) is 0. The first-order valence-corrected chi connectivity index (χ1v) is 44.0. The van der Waals surface area contributed by atoms with Gasteiger partial charge in [0.2, 0.25) is 0 Å². The molecule has 2 aromatic heterocycles. The van der Waals surface area contributed by atoms with Crippen LogP contribution in [-0.2, 0) is 0 Å². The number of thiophene rings is 2. The molecule has 0 radical (unpaired) electrons. The van der Waals surface area contributed by atoms with E-state index in [2.05, 4.69) is 495 Å². The summed E-state index contributed by atoms with van der Waals surface area (Å²) in [7, 11) is 0. The lowest BCUT2D eigenvalue weighted by Gasteiger charge is -2.26. The summed E-state index contributed by atoms with van der Waals surface area (Å²) < 4.78 is 5.32. The van der Waals surface area contributed by atoms with E-state index in [0.29, 0.717) is 0 Å². The van der Waals surface area contributed by atoms with Crippen molar-refractivity contribution in [3.63, 3.8) is 0 Å². The molecule has 0 bridgehead atoms. The van der Waals surface area contributed by atoms with Crippen LogP contribution in [0.2, 0.25) is 0 Å². The standard InChI is InChI=1S/C62H41NS.C58H39NS/c1-2-12-42(13-3-1)45-30-35-52(36-31-45)63(54-39-34-43-14-4-5-16-50(43)41-54)53-37-32-46(33-38-53)44-26-28-47(29-27-44)49-18-8-19-51(40-49)56-21-10-24-59-60-25-11-23-58(62(60)64-61(56)59)57-22-9-17-48-15-6-7-20-55(48)57;1-3-12-40(13-4-1)43-28-33-50(34-29-43)59(52-37-32-41-14-7-8-17-48(41)39-52)51-35-30-44(31-36-51)42-24-26-45(27-25-42)47-18-9-19-49(38-47)54-21-11-23-56-55-22-10-20-53(57(55)60-58(54)56)46-15-5-2-6-16-46/h1-41H;1-39H. The highest BCUT2D eigenvalue weighted by Gasteiger charge is 2.21. The second-order valence-corrected chi connectivity index (χ2v) is 33.8. The third kappa shape index (κ3) is 14.5. The normalized spacial score (nSPS) is 11.4. The maximum atomic E-state index is 2.35. The lowest BCUT2D eigenvalue weighted by atomic mass is 9.95. The van der Waals surface area contributed by atoms with Crippen LogP contribution in [0.4, 0.5) is 34.1 Å². The van der Waals surface area contributed by atoms with Gasteiger partial charge in [-0.05, 0) is 223 Å². The fraction of sp³-hybridized carbons (Fsp3) is 0. The zero-order chi connectivity index (χ0) is 82.2. The van der Waals surface area contributed by atoms with Gasteiger partial charge in [0.05, 0.1) is 0 Å². The zero-order valence-electron chi connectivity index (χ0n) is 67.9. The highest BCUT2D eigenvalue weighted by molar-refractivity contribution is 7.27. The average molecular weight is 1610 g/mol. The molecule has 0 unspecified atom stereocenters. The van der Waals surface area contributed by atoms with Crippen LogP contribution in [0.1, 0.15) is 0 Å². The van der Waals surface area contributed by atoms with Crippen molar-refractivity contribution in [2.75, 3.05) is 9.80 Å². The first kappa shape index (κ1) is 74.7. The number of rotatable bonds is 16. The SMILES string of the molecule is c1ccc(-c2ccc(N(c3ccc(-c4ccc(-c5cccc(-c6cccc7c6sc6c(-c8cccc9ccccc89)cccc67)c5)cc4)cc3)c3ccc4ccccc4c3)cc2)cc1.c1ccc(-c2ccc(N(c3ccc(-c4ccc(-c5cccc(-c6cccc7c6sc6c(-c8ccccc8)cccc67)c5)cc4)cc3)c3ccc4ccccc4c3)cc2)cc1.